The van der Waals surface area contributed by atoms with Gasteiger partial charge in [-0.15, -0.1) is 0 Å². The van der Waals surface area contributed by atoms with E-state index in [2.05, 4.69) is 0 Å². The van der Waals surface area contributed by atoms with Crippen molar-refractivity contribution in [2.45, 2.75) is 18.8 Å². The summed E-state index contributed by atoms with van der Waals surface area (Å²) in [6, 6.07) is 3.93. The molecular formula is C13H16F2O2. The maximum Gasteiger partial charge on any atom is 0.159 e. The van der Waals surface area contributed by atoms with Gasteiger partial charge in [0.15, 0.2) is 11.6 Å². The predicted molar refractivity (Wildman–Crippen MR) is 59.7 cm³/mol. The van der Waals surface area contributed by atoms with Crippen LogP contribution >= 0.6 is 0 Å². The Morgan fingerprint density at radius 1 is 1.35 bits per heavy atom. The Bertz CT molecular complexity index is 398. The molecule has 0 aromatic heterocycles. The average Bonchev–Trinajstić information content (AvgIpc) is 2.27. The van der Waals surface area contributed by atoms with Crippen molar-refractivity contribution in [3.05, 3.63) is 35.4 Å². The van der Waals surface area contributed by atoms with Crippen molar-refractivity contribution in [3.8, 4) is 0 Å². The monoisotopic (exact) mass is 242 g/mol. The van der Waals surface area contributed by atoms with Crippen molar-refractivity contribution < 1.29 is 18.6 Å². The number of hydrogen-bond donors (Lipinski definition) is 1. The van der Waals surface area contributed by atoms with Gasteiger partial charge in [-0.2, -0.15) is 0 Å². The number of rotatable bonds is 4. The van der Waals surface area contributed by atoms with E-state index in [0.717, 1.165) is 12.5 Å². The minimum Gasteiger partial charge on any atom is -0.396 e. The summed E-state index contributed by atoms with van der Waals surface area (Å²) < 4.78 is 31.4. The average molecular weight is 242 g/mol. The van der Waals surface area contributed by atoms with Crippen LogP contribution in [0.1, 0.15) is 18.9 Å². The third-order valence-corrected chi connectivity index (χ3v) is 3.71. The van der Waals surface area contributed by atoms with E-state index in [-0.39, 0.29) is 17.9 Å². The van der Waals surface area contributed by atoms with E-state index < -0.39 is 11.6 Å². The fraction of sp³-hybridized carbons (Fsp3) is 0.538. The largest absolute Gasteiger partial charge is 0.396 e. The fourth-order valence-corrected chi connectivity index (χ4v) is 2.46. The van der Waals surface area contributed by atoms with Gasteiger partial charge in [0.05, 0.1) is 13.2 Å². The number of halogens is 2. The van der Waals surface area contributed by atoms with Gasteiger partial charge < -0.3 is 9.84 Å². The summed E-state index contributed by atoms with van der Waals surface area (Å²) in [5.74, 6) is -1.68. The lowest BCUT2D eigenvalue weighted by Crippen LogP contribution is -2.53. The topological polar surface area (TPSA) is 29.5 Å². The predicted octanol–water partition coefficient (Wildman–Crippen LogP) is 2.25. The molecule has 0 amide bonds. The maximum absolute atomic E-state index is 13.3. The number of hydrogen-bond acceptors (Lipinski definition) is 2. The second kappa shape index (κ2) is 4.70. The van der Waals surface area contributed by atoms with Crippen LogP contribution in [0.2, 0.25) is 0 Å². The summed E-state index contributed by atoms with van der Waals surface area (Å²) in [5, 5.41) is 9.39. The molecule has 1 saturated heterocycles. The molecule has 0 bridgehead atoms. The summed E-state index contributed by atoms with van der Waals surface area (Å²) >= 11 is 0. The molecule has 1 N–H and O–H groups in total. The number of aliphatic hydroxyl groups is 1. The van der Waals surface area contributed by atoms with Crippen molar-refractivity contribution in [2.24, 2.45) is 5.92 Å². The molecular weight excluding hydrogens is 226 g/mol. The van der Waals surface area contributed by atoms with Gasteiger partial charge in [-0.05, 0) is 23.6 Å². The Morgan fingerprint density at radius 2 is 2.06 bits per heavy atom. The van der Waals surface area contributed by atoms with Crippen molar-refractivity contribution in [1.82, 2.24) is 0 Å². The molecule has 1 aromatic rings. The quantitative estimate of drug-likeness (QED) is 0.877. The number of aliphatic hydroxyl groups excluding tert-OH is 1. The Kier molecular flexibility index (Phi) is 3.45. The van der Waals surface area contributed by atoms with E-state index in [1.165, 1.54) is 6.07 Å². The summed E-state index contributed by atoms with van der Waals surface area (Å²) in [4.78, 5) is 0. The smallest absolute Gasteiger partial charge is 0.159 e. The van der Waals surface area contributed by atoms with Crippen LogP contribution in [0.3, 0.4) is 0 Å². The normalized spacial score (nSPS) is 19.8. The van der Waals surface area contributed by atoms with Gasteiger partial charge in [0.1, 0.15) is 0 Å². The molecule has 1 fully saturated rings. The van der Waals surface area contributed by atoms with E-state index in [4.69, 9.17) is 4.74 Å². The van der Waals surface area contributed by atoms with Crippen LogP contribution < -0.4 is 0 Å². The summed E-state index contributed by atoms with van der Waals surface area (Å²) in [7, 11) is 0. The zero-order valence-electron chi connectivity index (χ0n) is 9.75. The van der Waals surface area contributed by atoms with E-state index >= 15 is 0 Å². The van der Waals surface area contributed by atoms with Crippen LogP contribution in [0.5, 0.6) is 0 Å². The van der Waals surface area contributed by atoms with Gasteiger partial charge in [-0.3, -0.25) is 0 Å². The lowest BCUT2D eigenvalue weighted by molar-refractivity contribution is -0.101. The molecule has 0 radical (unpaired) electrons. The SMILES string of the molecule is CCC(CO)C1(c2ccc(F)c(F)c2)COC1. The molecule has 1 atom stereocenters. The molecule has 0 spiro atoms. The van der Waals surface area contributed by atoms with Crippen LogP contribution in [0.25, 0.3) is 0 Å². The standard InChI is InChI=1S/C13H16F2O2/c1-2-9(6-16)13(7-17-8-13)10-3-4-11(14)12(15)5-10/h3-5,9,16H,2,6-8H2,1H3. The Morgan fingerprint density at radius 3 is 2.47 bits per heavy atom. The maximum atomic E-state index is 13.3. The highest BCUT2D eigenvalue weighted by atomic mass is 19.2. The van der Waals surface area contributed by atoms with Crippen molar-refractivity contribution in [3.63, 3.8) is 0 Å². The Hall–Kier alpha value is -1.00. The van der Waals surface area contributed by atoms with Gasteiger partial charge >= 0.3 is 0 Å². The lowest BCUT2D eigenvalue weighted by atomic mass is 9.68. The van der Waals surface area contributed by atoms with Crippen LogP contribution in [-0.2, 0) is 10.2 Å². The van der Waals surface area contributed by atoms with Crippen LogP contribution in [0, 0.1) is 17.6 Å². The first-order valence-electron chi connectivity index (χ1n) is 5.78. The van der Waals surface area contributed by atoms with Gasteiger partial charge in [-0.25, -0.2) is 8.78 Å². The van der Waals surface area contributed by atoms with E-state index in [0.29, 0.717) is 18.8 Å². The molecule has 2 nitrogen and oxygen atoms in total. The van der Waals surface area contributed by atoms with E-state index in [9.17, 15) is 13.9 Å². The van der Waals surface area contributed by atoms with Crippen LogP contribution in [0.4, 0.5) is 8.78 Å². The second-order valence-corrected chi connectivity index (χ2v) is 4.57. The first kappa shape index (κ1) is 12.5. The fourth-order valence-electron chi connectivity index (χ4n) is 2.46. The number of benzene rings is 1. The van der Waals surface area contributed by atoms with Crippen molar-refractivity contribution in [1.29, 1.82) is 0 Å². The van der Waals surface area contributed by atoms with Crippen LogP contribution in [0.15, 0.2) is 18.2 Å². The molecule has 1 unspecified atom stereocenters. The highest BCUT2D eigenvalue weighted by molar-refractivity contribution is 5.30. The highest BCUT2D eigenvalue weighted by Crippen LogP contribution is 2.41. The van der Waals surface area contributed by atoms with Gasteiger partial charge in [0.25, 0.3) is 0 Å². The summed E-state index contributed by atoms with van der Waals surface area (Å²) in [5.41, 5.74) is 0.349. The Balaban J connectivity index is 2.37. The minimum atomic E-state index is -0.846. The first-order chi connectivity index (χ1) is 8.14. The lowest BCUT2D eigenvalue weighted by Gasteiger charge is -2.47. The number of ether oxygens (including phenoxy) is 1. The second-order valence-electron chi connectivity index (χ2n) is 4.57. The molecule has 2 rings (SSSR count). The zero-order valence-corrected chi connectivity index (χ0v) is 9.75. The zero-order chi connectivity index (χ0) is 12.5. The van der Waals surface area contributed by atoms with E-state index in [1.807, 2.05) is 6.92 Å². The van der Waals surface area contributed by atoms with Crippen molar-refractivity contribution in [2.75, 3.05) is 19.8 Å². The van der Waals surface area contributed by atoms with Gasteiger partial charge in [0.2, 0.25) is 0 Å². The highest BCUT2D eigenvalue weighted by Gasteiger charge is 2.46. The van der Waals surface area contributed by atoms with Gasteiger partial charge in [0, 0.05) is 12.0 Å². The molecule has 1 aliphatic heterocycles. The molecule has 0 saturated carbocycles. The minimum absolute atomic E-state index is 0.0149. The molecule has 1 heterocycles. The first-order valence-corrected chi connectivity index (χ1v) is 5.78. The van der Waals surface area contributed by atoms with Crippen LogP contribution in [-0.4, -0.2) is 24.9 Å². The summed E-state index contributed by atoms with van der Waals surface area (Å²) in [6.45, 7) is 2.91. The molecule has 1 aromatic carbocycles. The van der Waals surface area contributed by atoms with Crippen molar-refractivity contribution >= 4 is 0 Å². The third-order valence-electron chi connectivity index (χ3n) is 3.71. The molecule has 0 aliphatic carbocycles. The van der Waals surface area contributed by atoms with E-state index in [1.54, 1.807) is 6.07 Å². The van der Waals surface area contributed by atoms with Gasteiger partial charge in [-0.1, -0.05) is 19.4 Å². The molecule has 4 heteroatoms. The molecule has 94 valence electrons. The molecule has 1 aliphatic rings. The summed E-state index contributed by atoms with van der Waals surface area (Å²) in [6.07, 6.45) is 0.777. The Labute approximate surface area is 99.2 Å². The third kappa shape index (κ3) is 1.96. The molecule has 17 heavy (non-hydrogen) atoms.